The molecule has 3 rings (SSSR count). The van der Waals surface area contributed by atoms with Gasteiger partial charge >= 0.3 is 0 Å². The van der Waals surface area contributed by atoms with Crippen LogP contribution in [-0.4, -0.2) is 6.04 Å². The monoisotopic (exact) mass is 241 g/mol. The molecule has 3 nitrogen and oxygen atoms in total. The van der Waals surface area contributed by atoms with Gasteiger partial charge in [0.15, 0.2) is 0 Å². The molecule has 0 atom stereocenters. The lowest BCUT2D eigenvalue weighted by molar-refractivity contribution is 0.568. The molecular weight excluding hydrogens is 222 g/mol. The summed E-state index contributed by atoms with van der Waals surface area (Å²) in [6.07, 6.45) is 5.86. The third kappa shape index (κ3) is 2.43. The number of hydrogen-bond donors (Lipinski definition) is 2. The van der Waals surface area contributed by atoms with E-state index in [1.807, 2.05) is 18.2 Å². The fourth-order valence-electron chi connectivity index (χ4n) is 2.66. The Morgan fingerprint density at radius 2 is 1.94 bits per heavy atom. The van der Waals surface area contributed by atoms with Gasteiger partial charge in [0.1, 0.15) is 0 Å². The number of nitrogens with zero attached hydrogens (tertiary/aromatic N) is 1. The number of benzene rings is 1. The van der Waals surface area contributed by atoms with E-state index in [1.54, 1.807) is 0 Å². The molecule has 0 aliphatic heterocycles. The number of nitrogens with one attached hydrogen (secondary N) is 1. The van der Waals surface area contributed by atoms with Gasteiger partial charge in [-0.1, -0.05) is 0 Å². The van der Waals surface area contributed by atoms with Gasteiger partial charge in [0.25, 0.3) is 0 Å². The predicted octanol–water partition coefficient (Wildman–Crippen LogP) is 2.94. The summed E-state index contributed by atoms with van der Waals surface area (Å²) < 4.78 is 0. The maximum Gasteiger partial charge on any atom is 0.0670 e. The first-order valence-corrected chi connectivity index (χ1v) is 6.80. The second-order valence-corrected chi connectivity index (χ2v) is 5.59. The molecule has 2 fully saturated rings. The third-order valence-electron chi connectivity index (χ3n) is 4.01. The van der Waals surface area contributed by atoms with Gasteiger partial charge in [0, 0.05) is 17.4 Å². The standard InChI is InChI=1S/C15H19N3/c16-8-7-12-9-13(5-6-14(12)17)18-15(10-1-2-10)11-3-4-11/h5-6,9-11,15,18H,1-4,7,17H2. The summed E-state index contributed by atoms with van der Waals surface area (Å²) in [6, 6.07) is 8.79. The lowest BCUT2D eigenvalue weighted by Gasteiger charge is -2.19. The van der Waals surface area contributed by atoms with E-state index >= 15 is 0 Å². The van der Waals surface area contributed by atoms with Crippen LogP contribution in [0.4, 0.5) is 11.4 Å². The van der Waals surface area contributed by atoms with Crippen LogP contribution in [0.3, 0.4) is 0 Å². The van der Waals surface area contributed by atoms with E-state index in [9.17, 15) is 0 Å². The molecule has 3 heteroatoms. The highest BCUT2D eigenvalue weighted by molar-refractivity contribution is 5.58. The highest BCUT2D eigenvalue weighted by Crippen LogP contribution is 2.45. The first-order valence-electron chi connectivity index (χ1n) is 6.80. The molecule has 1 aromatic carbocycles. The fourth-order valence-corrected chi connectivity index (χ4v) is 2.66. The molecule has 0 heterocycles. The maximum atomic E-state index is 8.79. The average Bonchev–Trinajstić information content (AvgIpc) is 3.24. The van der Waals surface area contributed by atoms with Gasteiger partial charge < -0.3 is 11.1 Å². The Balaban J connectivity index is 1.75. The second kappa shape index (κ2) is 4.53. The minimum absolute atomic E-state index is 0.388. The summed E-state index contributed by atoms with van der Waals surface area (Å²) in [6.45, 7) is 0. The summed E-state index contributed by atoms with van der Waals surface area (Å²) in [5, 5.41) is 12.5. The molecule has 1 aromatic rings. The molecule has 0 radical (unpaired) electrons. The molecule has 0 aromatic heterocycles. The van der Waals surface area contributed by atoms with Crippen molar-refractivity contribution in [2.45, 2.75) is 38.1 Å². The predicted molar refractivity (Wildman–Crippen MR) is 73.0 cm³/mol. The van der Waals surface area contributed by atoms with Crippen LogP contribution in [0.2, 0.25) is 0 Å². The van der Waals surface area contributed by atoms with Crippen molar-refractivity contribution in [2.24, 2.45) is 11.8 Å². The Kier molecular flexibility index (Phi) is 2.87. The summed E-state index contributed by atoms with van der Waals surface area (Å²) >= 11 is 0. The SMILES string of the molecule is N#CCc1cc(NC(C2CC2)C2CC2)ccc1N. The average molecular weight is 241 g/mol. The summed E-state index contributed by atoms with van der Waals surface area (Å²) in [4.78, 5) is 0. The normalized spacial score (nSPS) is 18.7. The van der Waals surface area contributed by atoms with Crippen molar-refractivity contribution in [3.63, 3.8) is 0 Å². The van der Waals surface area contributed by atoms with Crippen LogP contribution in [0.25, 0.3) is 0 Å². The van der Waals surface area contributed by atoms with Crippen LogP contribution in [0.15, 0.2) is 18.2 Å². The van der Waals surface area contributed by atoms with Crippen LogP contribution in [0.5, 0.6) is 0 Å². The molecule has 0 saturated heterocycles. The molecule has 18 heavy (non-hydrogen) atoms. The van der Waals surface area contributed by atoms with Crippen molar-refractivity contribution in [3.8, 4) is 6.07 Å². The van der Waals surface area contributed by atoms with Gasteiger partial charge in [-0.25, -0.2) is 0 Å². The Morgan fingerprint density at radius 1 is 1.28 bits per heavy atom. The Bertz CT molecular complexity index is 469. The van der Waals surface area contributed by atoms with Crippen LogP contribution in [0, 0.1) is 23.2 Å². The molecule has 2 saturated carbocycles. The van der Waals surface area contributed by atoms with Gasteiger partial charge in [0.05, 0.1) is 12.5 Å². The van der Waals surface area contributed by atoms with E-state index in [0.717, 1.165) is 28.8 Å². The number of anilines is 2. The van der Waals surface area contributed by atoms with E-state index in [0.29, 0.717) is 12.5 Å². The van der Waals surface area contributed by atoms with Gasteiger partial charge in [0.2, 0.25) is 0 Å². The maximum absolute atomic E-state index is 8.79. The van der Waals surface area contributed by atoms with Gasteiger partial charge in [-0.3, -0.25) is 0 Å². The van der Waals surface area contributed by atoms with E-state index in [2.05, 4.69) is 11.4 Å². The number of nitriles is 1. The van der Waals surface area contributed by atoms with Crippen molar-refractivity contribution in [2.75, 3.05) is 11.1 Å². The first-order chi connectivity index (χ1) is 8.78. The molecule has 0 unspecified atom stereocenters. The van der Waals surface area contributed by atoms with Crippen molar-refractivity contribution < 1.29 is 0 Å². The van der Waals surface area contributed by atoms with Crippen molar-refractivity contribution in [1.82, 2.24) is 0 Å². The Labute approximate surface area is 108 Å². The van der Waals surface area contributed by atoms with Gasteiger partial charge in [-0.2, -0.15) is 5.26 Å². The quantitative estimate of drug-likeness (QED) is 0.779. The lowest BCUT2D eigenvalue weighted by atomic mass is 10.1. The number of nitrogen functional groups attached to an aromatic ring is 1. The number of rotatable bonds is 5. The van der Waals surface area contributed by atoms with Crippen LogP contribution in [0.1, 0.15) is 31.2 Å². The van der Waals surface area contributed by atoms with E-state index in [1.165, 1.54) is 25.7 Å². The minimum Gasteiger partial charge on any atom is -0.398 e. The molecular formula is C15H19N3. The summed E-state index contributed by atoms with van der Waals surface area (Å²) in [7, 11) is 0. The topological polar surface area (TPSA) is 61.8 Å². The van der Waals surface area contributed by atoms with E-state index in [4.69, 9.17) is 11.0 Å². The number of nitrogens with two attached hydrogens (primary N) is 1. The Hall–Kier alpha value is -1.69. The minimum atomic E-state index is 0.388. The van der Waals surface area contributed by atoms with E-state index < -0.39 is 0 Å². The highest BCUT2D eigenvalue weighted by atomic mass is 15.0. The summed E-state index contributed by atoms with van der Waals surface area (Å²) in [5.41, 5.74) is 8.65. The smallest absolute Gasteiger partial charge is 0.0670 e. The lowest BCUT2D eigenvalue weighted by Crippen LogP contribution is -2.24. The molecule has 2 aliphatic rings. The zero-order chi connectivity index (χ0) is 12.5. The zero-order valence-corrected chi connectivity index (χ0v) is 10.5. The largest absolute Gasteiger partial charge is 0.398 e. The third-order valence-corrected chi connectivity index (χ3v) is 4.01. The molecule has 0 spiro atoms. The second-order valence-electron chi connectivity index (χ2n) is 5.59. The van der Waals surface area contributed by atoms with Crippen LogP contribution < -0.4 is 11.1 Å². The molecule has 0 amide bonds. The van der Waals surface area contributed by atoms with Crippen molar-refractivity contribution in [3.05, 3.63) is 23.8 Å². The van der Waals surface area contributed by atoms with E-state index in [-0.39, 0.29) is 0 Å². The molecule has 2 aliphatic carbocycles. The number of hydrogen-bond acceptors (Lipinski definition) is 3. The molecule has 0 bridgehead atoms. The molecule has 94 valence electrons. The van der Waals surface area contributed by atoms with Crippen LogP contribution >= 0.6 is 0 Å². The first kappa shape index (κ1) is 11.4. The highest BCUT2D eigenvalue weighted by Gasteiger charge is 2.41. The van der Waals surface area contributed by atoms with Crippen molar-refractivity contribution in [1.29, 1.82) is 5.26 Å². The van der Waals surface area contributed by atoms with Gasteiger partial charge in [-0.05, 0) is 61.3 Å². The Morgan fingerprint density at radius 3 is 2.50 bits per heavy atom. The van der Waals surface area contributed by atoms with Crippen molar-refractivity contribution >= 4 is 11.4 Å². The zero-order valence-electron chi connectivity index (χ0n) is 10.5. The summed E-state index contributed by atoms with van der Waals surface area (Å²) in [5.74, 6) is 1.74. The molecule has 3 N–H and O–H groups in total. The van der Waals surface area contributed by atoms with Crippen LogP contribution in [-0.2, 0) is 6.42 Å². The van der Waals surface area contributed by atoms with Gasteiger partial charge in [-0.15, -0.1) is 0 Å². The fraction of sp³-hybridized carbons (Fsp3) is 0.533.